The predicted octanol–water partition coefficient (Wildman–Crippen LogP) is 2.76. The SMILES string of the molecule is COc1ccc(C2=NOC3C(=O)N(c4cccc(Br)c4)C(=O)C23)c(OC)c1. The Bertz CT molecular complexity index is 974. The lowest BCUT2D eigenvalue weighted by Crippen LogP contribution is -2.33. The minimum atomic E-state index is -0.974. The molecule has 4 rings (SSSR count). The van der Waals surface area contributed by atoms with Gasteiger partial charge in [0.1, 0.15) is 23.1 Å². The number of benzene rings is 2. The molecule has 2 aliphatic rings. The number of oxime groups is 1. The van der Waals surface area contributed by atoms with E-state index in [0.717, 1.165) is 9.37 Å². The highest BCUT2D eigenvalue weighted by atomic mass is 79.9. The average Bonchev–Trinajstić information content (AvgIpc) is 3.21. The Kier molecular flexibility index (Phi) is 4.35. The van der Waals surface area contributed by atoms with Crippen LogP contribution in [0.4, 0.5) is 5.69 Å². The van der Waals surface area contributed by atoms with Gasteiger partial charge in [-0.15, -0.1) is 0 Å². The van der Waals surface area contributed by atoms with E-state index >= 15 is 0 Å². The third-order valence-electron chi connectivity index (χ3n) is 4.56. The molecule has 0 aliphatic carbocycles. The first kappa shape index (κ1) is 17.5. The van der Waals surface area contributed by atoms with Crippen molar-refractivity contribution in [1.29, 1.82) is 0 Å². The number of rotatable bonds is 4. The molecule has 2 atom stereocenters. The lowest BCUT2D eigenvalue weighted by Gasteiger charge is -2.16. The Morgan fingerprint density at radius 2 is 1.89 bits per heavy atom. The van der Waals surface area contributed by atoms with Crippen LogP contribution >= 0.6 is 15.9 Å². The number of ether oxygens (including phenoxy) is 2. The van der Waals surface area contributed by atoms with E-state index in [1.807, 2.05) is 6.07 Å². The predicted molar refractivity (Wildman–Crippen MR) is 101 cm³/mol. The van der Waals surface area contributed by atoms with E-state index in [-0.39, 0.29) is 5.91 Å². The van der Waals surface area contributed by atoms with Crippen LogP contribution in [0.5, 0.6) is 11.5 Å². The molecule has 1 saturated heterocycles. The van der Waals surface area contributed by atoms with Gasteiger partial charge in [0, 0.05) is 16.1 Å². The summed E-state index contributed by atoms with van der Waals surface area (Å²) in [7, 11) is 3.07. The molecule has 0 radical (unpaired) electrons. The summed E-state index contributed by atoms with van der Waals surface area (Å²) in [6.07, 6.45) is -0.974. The van der Waals surface area contributed by atoms with E-state index in [1.165, 1.54) is 7.11 Å². The standard InChI is InChI=1S/C19H15BrN2O5/c1-25-12-6-7-13(14(9-12)26-2)16-15-17(27-21-16)19(24)22(18(15)23)11-5-3-4-10(20)8-11/h3-9,15,17H,1-2H3. The van der Waals surface area contributed by atoms with Crippen molar-refractivity contribution in [3.8, 4) is 11.5 Å². The van der Waals surface area contributed by atoms with Gasteiger partial charge >= 0.3 is 0 Å². The summed E-state index contributed by atoms with van der Waals surface area (Å²) in [5, 5.41) is 4.02. The number of methoxy groups -OCH3 is 2. The number of amides is 2. The van der Waals surface area contributed by atoms with Crippen LogP contribution in [-0.4, -0.2) is 37.8 Å². The highest BCUT2D eigenvalue weighted by molar-refractivity contribution is 9.10. The van der Waals surface area contributed by atoms with Gasteiger partial charge in [0.05, 0.1) is 19.9 Å². The Balaban J connectivity index is 1.72. The van der Waals surface area contributed by atoms with Crippen molar-refractivity contribution in [1.82, 2.24) is 0 Å². The molecule has 2 aliphatic heterocycles. The van der Waals surface area contributed by atoms with Gasteiger partial charge in [-0.25, -0.2) is 4.90 Å². The first-order chi connectivity index (χ1) is 13.0. The third-order valence-corrected chi connectivity index (χ3v) is 5.06. The zero-order chi connectivity index (χ0) is 19.1. The number of hydrogen-bond acceptors (Lipinski definition) is 6. The molecule has 2 aromatic rings. The molecule has 27 heavy (non-hydrogen) atoms. The first-order valence-electron chi connectivity index (χ1n) is 8.14. The highest BCUT2D eigenvalue weighted by Crippen LogP contribution is 2.38. The monoisotopic (exact) mass is 430 g/mol. The number of anilines is 1. The number of halogens is 1. The van der Waals surface area contributed by atoms with Gasteiger partial charge < -0.3 is 14.3 Å². The summed E-state index contributed by atoms with van der Waals surface area (Å²) in [5.74, 6) is -0.542. The van der Waals surface area contributed by atoms with Crippen LogP contribution in [0.15, 0.2) is 52.1 Å². The van der Waals surface area contributed by atoms with E-state index in [1.54, 1.807) is 43.5 Å². The number of fused-ring (bicyclic) bond motifs is 1. The molecule has 0 saturated carbocycles. The smallest absolute Gasteiger partial charge is 0.278 e. The largest absolute Gasteiger partial charge is 0.497 e. The van der Waals surface area contributed by atoms with Gasteiger partial charge in [0.25, 0.3) is 5.91 Å². The average molecular weight is 431 g/mol. The van der Waals surface area contributed by atoms with Crippen molar-refractivity contribution in [3.63, 3.8) is 0 Å². The molecule has 0 aromatic heterocycles. The molecular weight excluding hydrogens is 416 g/mol. The Morgan fingerprint density at radius 1 is 1.07 bits per heavy atom. The van der Waals surface area contributed by atoms with E-state index in [2.05, 4.69) is 21.1 Å². The van der Waals surface area contributed by atoms with Gasteiger partial charge in [-0.3, -0.25) is 9.59 Å². The normalized spacial score (nSPS) is 21.0. The minimum Gasteiger partial charge on any atom is -0.497 e. The molecule has 0 N–H and O–H groups in total. The van der Waals surface area contributed by atoms with E-state index < -0.39 is 17.9 Å². The van der Waals surface area contributed by atoms with Crippen molar-refractivity contribution < 1.29 is 23.9 Å². The fraction of sp³-hybridized carbons (Fsp3) is 0.211. The molecule has 8 heteroatoms. The Morgan fingerprint density at radius 3 is 2.59 bits per heavy atom. The maximum Gasteiger partial charge on any atom is 0.278 e. The van der Waals surface area contributed by atoms with Crippen molar-refractivity contribution >= 4 is 39.1 Å². The van der Waals surface area contributed by atoms with E-state index in [9.17, 15) is 9.59 Å². The van der Waals surface area contributed by atoms with Gasteiger partial charge in [0.2, 0.25) is 12.0 Å². The van der Waals surface area contributed by atoms with Crippen LogP contribution in [0.1, 0.15) is 5.56 Å². The summed E-state index contributed by atoms with van der Waals surface area (Å²) in [6.45, 7) is 0. The first-order valence-corrected chi connectivity index (χ1v) is 8.94. The zero-order valence-corrected chi connectivity index (χ0v) is 16.1. The number of carbonyl (C=O) groups is 2. The van der Waals surface area contributed by atoms with Crippen molar-refractivity contribution in [2.75, 3.05) is 19.1 Å². The van der Waals surface area contributed by atoms with Crippen molar-refractivity contribution in [2.24, 2.45) is 11.1 Å². The van der Waals surface area contributed by atoms with Crippen LogP contribution < -0.4 is 14.4 Å². The molecular formula is C19H15BrN2O5. The Labute approximate surface area is 163 Å². The summed E-state index contributed by atoms with van der Waals surface area (Å²) >= 11 is 3.36. The Hall–Kier alpha value is -2.87. The second kappa shape index (κ2) is 6.70. The van der Waals surface area contributed by atoms with Crippen LogP contribution in [0.25, 0.3) is 0 Å². The van der Waals surface area contributed by atoms with E-state index in [0.29, 0.717) is 28.5 Å². The van der Waals surface area contributed by atoms with Gasteiger partial charge in [-0.2, -0.15) is 0 Å². The summed E-state index contributed by atoms with van der Waals surface area (Å²) < 4.78 is 11.4. The van der Waals surface area contributed by atoms with Crippen molar-refractivity contribution in [2.45, 2.75) is 6.10 Å². The van der Waals surface area contributed by atoms with Gasteiger partial charge in [-0.05, 0) is 30.3 Å². The minimum absolute atomic E-state index is 0.371. The molecule has 2 amide bonds. The number of nitrogens with zero attached hydrogens (tertiary/aromatic N) is 2. The lowest BCUT2D eigenvalue weighted by molar-refractivity contribution is -0.126. The topological polar surface area (TPSA) is 77.4 Å². The molecule has 7 nitrogen and oxygen atoms in total. The quantitative estimate of drug-likeness (QED) is 0.696. The fourth-order valence-electron chi connectivity index (χ4n) is 3.28. The molecule has 2 aromatic carbocycles. The van der Waals surface area contributed by atoms with Gasteiger partial charge in [0.15, 0.2) is 0 Å². The second-order valence-electron chi connectivity index (χ2n) is 6.04. The van der Waals surface area contributed by atoms with Crippen LogP contribution in [0, 0.1) is 5.92 Å². The summed E-state index contributed by atoms with van der Waals surface area (Å²) in [4.78, 5) is 32.3. The number of imide groups is 1. The second-order valence-corrected chi connectivity index (χ2v) is 6.95. The van der Waals surface area contributed by atoms with Crippen LogP contribution in [0.2, 0.25) is 0 Å². The van der Waals surface area contributed by atoms with Gasteiger partial charge in [-0.1, -0.05) is 27.2 Å². The molecule has 1 fully saturated rings. The highest BCUT2D eigenvalue weighted by Gasteiger charge is 2.56. The maximum atomic E-state index is 13.1. The lowest BCUT2D eigenvalue weighted by atomic mass is 9.93. The fourth-order valence-corrected chi connectivity index (χ4v) is 3.67. The maximum absolute atomic E-state index is 13.1. The van der Waals surface area contributed by atoms with Crippen LogP contribution in [-0.2, 0) is 14.4 Å². The molecule has 0 spiro atoms. The third kappa shape index (κ3) is 2.76. The van der Waals surface area contributed by atoms with E-state index in [4.69, 9.17) is 14.3 Å². The van der Waals surface area contributed by atoms with Crippen LogP contribution in [0.3, 0.4) is 0 Å². The molecule has 2 unspecified atom stereocenters. The number of carbonyl (C=O) groups excluding carboxylic acids is 2. The zero-order valence-electron chi connectivity index (χ0n) is 14.5. The summed E-state index contributed by atoms with van der Waals surface area (Å²) in [6, 6.07) is 12.2. The number of hydrogen-bond donors (Lipinski definition) is 0. The molecule has 2 heterocycles. The summed E-state index contributed by atoms with van der Waals surface area (Å²) in [5.41, 5.74) is 1.44. The molecule has 0 bridgehead atoms. The van der Waals surface area contributed by atoms with Crippen molar-refractivity contribution in [3.05, 3.63) is 52.5 Å². The molecule has 138 valence electrons.